The summed E-state index contributed by atoms with van der Waals surface area (Å²) >= 11 is 12.2. The summed E-state index contributed by atoms with van der Waals surface area (Å²) in [4.78, 5) is 10.8. The molecule has 0 spiro atoms. The van der Waals surface area contributed by atoms with E-state index in [2.05, 4.69) is 5.32 Å². The lowest BCUT2D eigenvalue weighted by atomic mass is 10.1. The molecule has 0 radical (unpaired) electrons. The molecule has 0 unspecified atom stereocenters. The highest BCUT2D eigenvalue weighted by molar-refractivity contribution is 6.37. The lowest BCUT2D eigenvalue weighted by Crippen LogP contribution is -2.13. The molecule has 0 aliphatic heterocycles. The van der Waals surface area contributed by atoms with Gasteiger partial charge in [-0.1, -0.05) is 35.3 Å². The highest BCUT2D eigenvalue weighted by atomic mass is 35.5. The van der Waals surface area contributed by atoms with Crippen molar-refractivity contribution in [3.63, 3.8) is 0 Å². The van der Waals surface area contributed by atoms with Crippen molar-refractivity contribution in [3.8, 4) is 5.75 Å². The smallest absolute Gasteiger partial charge is 0.335 e. The molecule has 6 heteroatoms. The Balaban J connectivity index is 1.95. The molecule has 4 nitrogen and oxygen atoms in total. The van der Waals surface area contributed by atoms with Crippen molar-refractivity contribution in [2.75, 3.05) is 7.11 Å². The van der Waals surface area contributed by atoms with Gasteiger partial charge in [0.15, 0.2) is 5.75 Å². The summed E-state index contributed by atoms with van der Waals surface area (Å²) < 4.78 is 5.10. The first-order valence-electron chi connectivity index (χ1n) is 6.56. The normalized spacial score (nSPS) is 10.5. The number of halogens is 2. The molecular weight excluding hydrogens is 325 g/mol. The fourth-order valence-electron chi connectivity index (χ4n) is 2.03. The third-order valence-corrected chi connectivity index (χ3v) is 3.68. The van der Waals surface area contributed by atoms with E-state index < -0.39 is 5.97 Å². The fourth-order valence-corrected chi connectivity index (χ4v) is 2.71. The number of nitrogens with one attached hydrogen (secondary N) is 1. The fraction of sp³-hybridized carbons (Fsp3) is 0.188. The molecule has 0 saturated heterocycles. The summed E-state index contributed by atoms with van der Waals surface area (Å²) in [5, 5.41) is 13.0. The molecule has 0 saturated carbocycles. The van der Waals surface area contributed by atoms with Crippen LogP contribution in [0.5, 0.6) is 5.75 Å². The quantitative estimate of drug-likeness (QED) is 0.835. The molecule has 2 aromatic carbocycles. The second-order valence-corrected chi connectivity index (χ2v) is 5.51. The van der Waals surface area contributed by atoms with Gasteiger partial charge in [-0.2, -0.15) is 0 Å². The van der Waals surface area contributed by atoms with Gasteiger partial charge in [-0.3, -0.25) is 0 Å². The molecule has 22 heavy (non-hydrogen) atoms. The summed E-state index contributed by atoms with van der Waals surface area (Å²) in [5.74, 6) is -0.460. The van der Waals surface area contributed by atoms with Crippen molar-refractivity contribution in [3.05, 3.63) is 63.1 Å². The van der Waals surface area contributed by atoms with E-state index in [1.54, 1.807) is 36.4 Å². The number of benzene rings is 2. The standard InChI is InChI=1S/C16H15Cl2NO3/c1-22-15-13(17)6-11(7-14(15)18)9-19-8-10-2-4-12(5-3-10)16(20)21/h2-7,19H,8-9H2,1H3,(H,20,21). The third-order valence-electron chi connectivity index (χ3n) is 3.12. The Kier molecular flexibility index (Phi) is 5.66. The van der Waals surface area contributed by atoms with E-state index in [0.29, 0.717) is 28.9 Å². The average molecular weight is 340 g/mol. The van der Waals surface area contributed by atoms with Crippen molar-refractivity contribution in [1.29, 1.82) is 0 Å². The van der Waals surface area contributed by atoms with Crippen LogP contribution in [-0.4, -0.2) is 18.2 Å². The topological polar surface area (TPSA) is 58.6 Å². The number of carbonyl (C=O) groups is 1. The Morgan fingerprint density at radius 2 is 1.64 bits per heavy atom. The Bertz CT molecular complexity index is 649. The van der Waals surface area contributed by atoms with Gasteiger partial charge in [-0.15, -0.1) is 0 Å². The molecule has 0 aliphatic carbocycles. The first-order chi connectivity index (χ1) is 10.5. The maximum absolute atomic E-state index is 10.8. The summed E-state index contributed by atoms with van der Waals surface area (Å²) in [6, 6.07) is 10.3. The molecule has 0 fully saturated rings. The van der Waals surface area contributed by atoms with Crippen molar-refractivity contribution in [2.45, 2.75) is 13.1 Å². The van der Waals surface area contributed by atoms with Crippen molar-refractivity contribution < 1.29 is 14.6 Å². The predicted molar refractivity (Wildman–Crippen MR) is 87.0 cm³/mol. The van der Waals surface area contributed by atoms with Crippen LogP contribution in [0, 0.1) is 0 Å². The summed E-state index contributed by atoms with van der Waals surface area (Å²) in [5.41, 5.74) is 2.21. The number of methoxy groups -OCH3 is 1. The molecule has 0 atom stereocenters. The number of hydrogen-bond acceptors (Lipinski definition) is 3. The van der Waals surface area contributed by atoms with E-state index in [1.807, 2.05) is 0 Å². The highest BCUT2D eigenvalue weighted by Crippen LogP contribution is 2.33. The molecule has 0 aliphatic rings. The largest absolute Gasteiger partial charge is 0.494 e. The minimum atomic E-state index is -0.929. The van der Waals surface area contributed by atoms with E-state index in [9.17, 15) is 4.79 Å². The zero-order valence-corrected chi connectivity index (χ0v) is 13.4. The first-order valence-corrected chi connectivity index (χ1v) is 7.31. The Labute approximate surface area is 138 Å². The van der Waals surface area contributed by atoms with Gasteiger partial charge in [0, 0.05) is 13.1 Å². The minimum absolute atomic E-state index is 0.275. The number of rotatable bonds is 6. The van der Waals surface area contributed by atoms with Crippen LogP contribution in [0.15, 0.2) is 36.4 Å². The van der Waals surface area contributed by atoms with E-state index in [0.717, 1.165) is 11.1 Å². The van der Waals surface area contributed by atoms with Gasteiger partial charge in [0.2, 0.25) is 0 Å². The number of ether oxygens (including phenoxy) is 1. The van der Waals surface area contributed by atoms with Gasteiger partial charge in [0.1, 0.15) is 0 Å². The van der Waals surface area contributed by atoms with Gasteiger partial charge in [0.05, 0.1) is 22.7 Å². The monoisotopic (exact) mass is 339 g/mol. The van der Waals surface area contributed by atoms with Gasteiger partial charge >= 0.3 is 5.97 Å². The lowest BCUT2D eigenvalue weighted by Gasteiger charge is -2.10. The van der Waals surface area contributed by atoms with Crippen LogP contribution in [0.3, 0.4) is 0 Å². The van der Waals surface area contributed by atoms with E-state index >= 15 is 0 Å². The number of carboxylic acids is 1. The van der Waals surface area contributed by atoms with Gasteiger partial charge < -0.3 is 15.2 Å². The van der Waals surface area contributed by atoms with Gasteiger partial charge in [-0.25, -0.2) is 4.79 Å². The molecule has 116 valence electrons. The van der Waals surface area contributed by atoms with Crippen molar-refractivity contribution in [1.82, 2.24) is 5.32 Å². The summed E-state index contributed by atoms with van der Waals surface area (Å²) in [6.45, 7) is 1.20. The van der Waals surface area contributed by atoms with Crippen LogP contribution in [0.2, 0.25) is 10.0 Å². The first kappa shape index (κ1) is 16.6. The van der Waals surface area contributed by atoms with Crippen LogP contribution in [0.25, 0.3) is 0 Å². The molecule has 2 aromatic rings. The van der Waals surface area contributed by atoms with E-state index in [1.165, 1.54) is 7.11 Å². The van der Waals surface area contributed by atoms with Crippen molar-refractivity contribution >= 4 is 29.2 Å². The predicted octanol–water partition coefficient (Wildman–Crippen LogP) is 3.99. The molecule has 0 amide bonds. The van der Waals surface area contributed by atoms with Gasteiger partial charge in [0.25, 0.3) is 0 Å². The third kappa shape index (κ3) is 4.13. The summed E-state index contributed by atoms with van der Waals surface area (Å²) in [7, 11) is 1.52. The number of aromatic carboxylic acids is 1. The Hall–Kier alpha value is -1.75. The van der Waals surface area contributed by atoms with Crippen LogP contribution in [-0.2, 0) is 13.1 Å². The highest BCUT2D eigenvalue weighted by Gasteiger charge is 2.08. The van der Waals surface area contributed by atoms with Crippen LogP contribution < -0.4 is 10.1 Å². The van der Waals surface area contributed by atoms with Crippen LogP contribution in [0.4, 0.5) is 0 Å². The zero-order valence-electron chi connectivity index (χ0n) is 11.9. The Morgan fingerprint density at radius 1 is 1.09 bits per heavy atom. The second kappa shape index (κ2) is 7.49. The Morgan fingerprint density at radius 3 is 2.14 bits per heavy atom. The number of hydrogen-bond donors (Lipinski definition) is 2. The molecule has 2 N–H and O–H groups in total. The lowest BCUT2D eigenvalue weighted by molar-refractivity contribution is 0.0697. The zero-order chi connectivity index (χ0) is 16.1. The molecule has 0 heterocycles. The number of carboxylic acid groups (broad SMARTS) is 1. The van der Waals surface area contributed by atoms with E-state index in [-0.39, 0.29) is 5.56 Å². The molecule has 0 bridgehead atoms. The van der Waals surface area contributed by atoms with Gasteiger partial charge in [-0.05, 0) is 35.4 Å². The molecule has 0 aromatic heterocycles. The maximum Gasteiger partial charge on any atom is 0.335 e. The SMILES string of the molecule is COc1c(Cl)cc(CNCc2ccc(C(=O)O)cc2)cc1Cl. The van der Waals surface area contributed by atoms with Crippen molar-refractivity contribution in [2.24, 2.45) is 0 Å². The minimum Gasteiger partial charge on any atom is -0.494 e. The molecule has 2 rings (SSSR count). The van der Waals surface area contributed by atoms with Crippen LogP contribution >= 0.6 is 23.2 Å². The summed E-state index contributed by atoms with van der Waals surface area (Å²) in [6.07, 6.45) is 0. The maximum atomic E-state index is 10.8. The van der Waals surface area contributed by atoms with E-state index in [4.69, 9.17) is 33.0 Å². The molecular formula is C16H15Cl2NO3. The average Bonchev–Trinajstić information content (AvgIpc) is 2.47. The van der Waals surface area contributed by atoms with Crippen LogP contribution in [0.1, 0.15) is 21.5 Å². The second-order valence-electron chi connectivity index (χ2n) is 4.70.